The monoisotopic (exact) mass is 248 g/mol. The quantitative estimate of drug-likeness (QED) is 0.267. The van der Waals surface area contributed by atoms with Crippen LogP contribution in [0, 0.1) is 0 Å². The molecule has 1 aliphatic heterocycles. The van der Waals surface area contributed by atoms with Gasteiger partial charge in [-0.3, -0.25) is 10.4 Å². The van der Waals surface area contributed by atoms with Crippen molar-refractivity contribution in [2.24, 2.45) is 10.8 Å². The van der Waals surface area contributed by atoms with Gasteiger partial charge in [-0.25, -0.2) is 14.3 Å². The van der Waals surface area contributed by atoms with E-state index in [0.29, 0.717) is 24.7 Å². The van der Waals surface area contributed by atoms with Crippen molar-refractivity contribution in [2.45, 2.75) is 31.4 Å². The lowest BCUT2D eigenvalue weighted by molar-refractivity contribution is 0.589. The zero-order valence-corrected chi connectivity index (χ0v) is 10.4. The molecule has 0 spiro atoms. The van der Waals surface area contributed by atoms with Crippen molar-refractivity contribution in [3.63, 3.8) is 0 Å². The van der Waals surface area contributed by atoms with Gasteiger partial charge in [0.15, 0.2) is 9.84 Å². The van der Waals surface area contributed by atoms with E-state index in [-0.39, 0.29) is 5.25 Å². The first-order valence-electron chi connectivity index (χ1n) is 5.56. The van der Waals surface area contributed by atoms with E-state index in [1.807, 2.05) is 6.92 Å². The normalized spacial score (nSPS) is 24.4. The van der Waals surface area contributed by atoms with Crippen LogP contribution in [-0.4, -0.2) is 38.5 Å². The third kappa shape index (κ3) is 3.64. The number of hydrogen-bond donors (Lipinski definition) is 3. The maximum absolute atomic E-state index is 11.5. The number of guanidine groups is 1. The molecule has 1 rings (SSSR count). The molecule has 0 amide bonds. The van der Waals surface area contributed by atoms with E-state index in [0.717, 1.165) is 19.4 Å². The van der Waals surface area contributed by atoms with Crippen LogP contribution in [0.5, 0.6) is 0 Å². The lowest BCUT2D eigenvalue weighted by atomic mass is 10.2. The van der Waals surface area contributed by atoms with Gasteiger partial charge in [-0.1, -0.05) is 6.92 Å². The van der Waals surface area contributed by atoms with Crippen molar-refractivity contribution in [1.82, 2.24) is 10.7 Å². The highest BCUT2D eigenvalue weighted by molar-refractivity contribution is 7.92. The van der Waals surface area contributed by atoms with E-state index in [1.54, 1.807) is 0 Å². The number of nitrogens with two attached hydrogens (primary N) is 1. The number of hydrogen-bond acceptors (Lipinski definition) is 4. The Bertz CT molecular complexity index is 339. The summed E-state index contributed by atoms with van der Waals surface area (Å²) in [6.45, 7) is 3.08. The molecule has 1 fully saturated rings. The minimum Gasteiger partial charge on any atom is -0.355 e. The predicted octanol–water partition coefficient (Wildman–Crippen LogP) is -0.617. The van der Waals surface area contributed by atoms with Gasteiger partial charge in [-0.15, -0.1) is 0 Å². The average molecular weight is 248 g/mol. The van der Waals surface area contributed by atoms with Crippen LogP contribution in [0.1, 0.15) is 26.2 Å². The summed E-state index contributed by atoms with van der Waals surface area (Å²) in [6.07, 6.45) is 2.41. The summed E-state index contributed by atoms with van der Waals surface area (Å²) >= 11 is 0. The topological polar surface area (TPSA) is 96.6 Å². The van der Waals surface area contributed by atoms with Gasteiger partial charge in [-0.05, 0) is 19.3 Å². The highest BCUT2D eigenvalue weighted by Crippen LogP contribution is 2.19. The van der Waals surface area contributed by atoms with E-state index >= 15 is 0 Å². The third-order valence-electron chi connectivity index (χ3n) is 2.60. The van der Waals surface area contributed by atoms with Crippen LogP contribution >= 0.6 is 0 Å². The SMILES string of the molecule is CCCNC(=NCC1CCCS1(=O)=O)NN. The molecule has 0 bridgehead atoms. The standard InChI is InChI=1S/C9H20N4O2S/c1-2-5-11-9(13-10)12-7-8-4-3-6-16(8,14)15/h8H,2-7,10H2,1H3,(H2,11,12,13). The minimum atomic E-state index is -2.91. The molecule has 1 saturated heterocycles. The fourth-order valence-electron chi connectivity index (χ4n) is 1.65. The number of hydrazine groups is 1. The predicted molar refractivity (Wildman–Crippen MR) is 64.7 cm³/mol. The maximum atomic E-state index is 11.5. The Morgan fingerprint density at radius 1 is 1.56 bits per heavy atom. The Balaban J connectivity index is 2.50. The van der Waals surface area contributed by atoms with Crippen molar-refractivity contribution < 1.29 is 8.42 Å². The second-order valence-electron chi connectivity index (χ2n) is 3.89. The van der Waals surface area contributed by atoms with Crippen LogP contribution in [0.4, 0.5) is 0 Å². The zero-order chi connectivity index (χ0) is 12.0. The Kier molecular flexibility index (Phi) is 5.01. The molecule has 1 atom stereocenters. The molecule has 0 radical (unpaired) electrons. The molecule has 94 valence electrons. The lowest BCUT2D eigenvalue weighted by Crippen LogP contribution is -2.42. The Hall–Kier alpha value is -0.820. The first-order valence-corrected chi connectivity index (χ1v) is 7.28. The smallest absolute Gasteiger partial charge is 0.205 e. The third-order valence-corrected chi connectivity index (χ3v) is 4.85. The summed E-state index contributed by atoms with van der Waals surface area (Å²) in [5, 5.41) is 2.66. The Morgan fingerprint density at radius 2 is 2.31 bits per heavy atom. The van der Waals surface area contributed by atoms with Gasteiger partial charge >= 0.3 is 0 Å². The fourth-order valence-corrected chi connectivity index (χ4v) is 3.38. The first kappa shape index (κ1) is 13.2. The maximum Gasteiger partial charge on any atom is 0.205 e. The zero-order valence-electron chi connectivity index (χ0n) is 9.57. The summed E-state index contributed by atoms with van der Waals surface area (Å²) in [6, 6.07) is 0. The van der Waals surface area contributed by atoms with Gasteiger partial charge in [0.2, 0.25) is 5.96 Å². The second kappa shape index (κ2) is 6.05. The van der Waals surface area contributed by atoms with E-state index in [1.165, 1.54) is 0 Å². The van der Waals surface area contributed by atoms with Crippen LogP contribution < -0.4 is 16.6 Å². The second-order valence-corrected chi connectivity index (χ2v) is 6.29. The van der Waals surface area contributed by atoms with Gasteiger partial charge in [0.25, 0.3) is 0 Å². The first-order chi connectivity index (χ1) is 7.60. The number of nitrogens with zero attached hydrogens (tertiary/aromatic N) is 1. The molecular weight excluding hydrogens is 228 g/mol. The average Bonchev–Trinajstić information content (AvgIpc) is 2.58. The number of aliphatic imine (C=N–C) groups is 1. The molecule has 0 aromatic carbocycles. The Labute approximate surface area is 96.6 Å². The summed E-state index contributed by atoms with van der Waals surface area (Å²) < 4.78 is 23.1. The van der Waals surface area contributed by atoms with Crippen molar-refractivity contribution >= 4 is 15.8 Å². The summed E-state index contributed by atoms with van der Waals surface area (Å²) in [4.78, 5) is 4.15. The molecule has 0 saturated carbocycles. The highest BCUT2D eigenvalue weighted by Gasteiger charge is 2.30. The Morgan fingerprint density at radius 3 is 2.81 bits per heavy atom. The van der Waals surface area contributed by atoms with Crippen molar-refractivity contribution in [1.29, 1.82) is 0 Å². The van der Waals surface area contributed by atoms with Crippen molar-refractivity contribution in [2.75, 3.05) is 18.8 Å². The molecule has 0 aromatic heterocycles. The fraction of sp³-hybridized carbons (Fsp3) is 0.889. The van der Waals surface area contributed by atoms with E-state index in [4.69, 9.17) is 5.84 Å². The molecule has 0 aromatic rings. The molecular formula is C9H20N4O2S. The molecule has 4 N–H and O–H groups in total. The van der Waals surface area contributed by atoms with E-state index in [2.05, 4.69) is 15.7 Å². The number of nitrogens with one attached hydrogen (secondary N) is 2. The summed E-state index contributed by atoms with van der Waals surface area (Å²) in [5.41, 5.74) is 2.43. The van der Waals surface area contributed by atoms with Crippen LogP contribution in [0.3, 0.4) is 0 Å². The van der Waals surface area contributed by atoms with E-state index in [9.17, 15) is 8.42 Å². The number of rotatable bonds is 4. The van der Waals surface area contributed by atoms with Gasteiger partial charge in [0.1, 0.15) is 0 Å². The van der Waals surface area contributed by atoms with Crippen molar-refractivity contribution in [3.8, 4) is 0 Å². The van der Waals surface area contributed by atoms with Crippen LogP contribution in [-0.2, 0) is 9.84 Å². The summed E-state index contributed by atoms with van der Waals surface area (Å²) in [7, 11) is -2.91. The molecule has 0 aliphatic carbocycles. The lowest BCUT2D eigenvalue weighted by Gasteiger charge is -2.10. The molecule has 6 nitrogen and oxygen atoms in total. The van der Waals surface area contributed by atoms with Gasteiger partial charge in [0, 0.05) is 6.54 Å². The van der Waals surface area contributed by atoms with Gasteiger partial charge < -0.3 is 5.32 Å². The van der Waals surface area contributed by atoms with E-state index < -0.39 is 9.84 Å². The molecule has 1 heterocycles. The molecule has 1 aliphatic rings. The van der Waals surface area contributed by atoms with Crippen LogP contribution in [0.25, 0.3) is 0 Å². The summed E-state index contributed by atoms with van der Waals surface area (Å²) in [5.74, 6) is 6.03. The minimum absolute atomic E-state index is 0.290. The van der Waals surface area contributed by atoms with Crippen LogP contribution in [0.15, 0.2) is 4.99 Å². The highest BCUT2D eigenvalue weighted by atomic mass is 32.2. The molecule has 7 heteroatoms. The molecule has 16 heavy (non-hydrogen) atoms. The van der Waals surface area contributed by atoms with Gasteiger partial charge in [0.05, 0.1) is 17.5 Å². The molecule has 1 unspecified atom stereocenters. The number of sulfone groups is 1. The largest absolute Gasteiger partial charge is 0.355 e. The van der Waals surface area contributed by atoms with Crippen LogP contribution in [0.2, 0.25) is 0 Å². The van der Waals surface area contributed by atoms with Gasteiger partial charge in [-0.2, -0.15) is 0 Å². The van der Waals surface area contributed by atoms with Crippen molar-refractivity contribution in [3.05, 3.63) is 0 Å².